The molecular weight excluding hydrogens is 1210 g/mol. The Hall–Kier alpha value is 0.990. The maximum absolute atomic E-state index is 13.1. The lowest BCUT2D eigenvalue weighted by Gasteiger charge is -2.60. The summed E-state index contributed by atoms with van der Waals surface area (Å²) in [5.41, 5.74) is 0.0408. The van der Waals surface area contributed by atoms with Gasteiger partial charge in [-0.15, -0.1) is 0 Å². The second-order valence-corrected chi connectivity index (χ2v) is 81.2. The summed E-state index contributed by atoms with van der Waals surface area (Å²) in [5.74, 6) is -1.65. The first kappa shape index (κ1) is 59.6. The van der Waals surface area contributed by atoms with Crippen LogP contribution < -0.4 is 5.19 Å². The fraction of sp³-hybridized carbons (Fsp3) is 0.742. The van der Waals surface area contributed by atoms with Crippen LogP contribution in [-0.4, -0.2) is 158 Å². The molecule has 404 valence electrons. The van der Waals surface area contributed by atoms with Crippen molar-refractivity contribution < 1.29 is 101 Å². The molecular formula is C31H72O24Si16. The van der Waals surface area contributed by atoms with Crippen LogP contribution in [0, 0.1) is 0 Å². The molecule has 1 atom stereocenters. The number of carbonyl (C=O) groups excluding carboxylic acids is 2. The van der Waals surface area contributed by atoms with Crippen LogP contribution >= 0.6 is 0 Å². The summed E-state index contributed by atoms with van der Waals surface area (Å²) in [7, 11) is -66.1. The summed E-state index contributed by atoms with van der Waals surface area (Å²) in [6, 6.07) is 4.48. The average molecular weight is 1280 g/mol. The van der Waals surface area contributed by atoms with Crippen LogP contribution in [-0.2, 0) is 91.5 Å². The number of carbonyl (C=O) groups is 2. The highest BCUT2D eigenvalue weighted by Gasteiger charge is 2.92. The first-order valence-electron chi connectivity index (χ1n) is 23.1. The van der Waals surface area contributed by atoms with Crippen LogP contribution in [0.25, 0.3) is 0 Å². The highest BCUT2D eigenvalue weighted by molar-refractivity contribution is 7.04. The number of cyclic esters (lactones) is 2. The van der Waals surface area contributed by atoms with E-state index in [1.807, 2.05) is 137 Å². The molecule has 0 amide bonds. The van der Waals surface area contributed by atoms with Gasteiger partial charge in [-0.2, -0.15) is 0 Å². The van der Waals surface area contributed by atoms with Crippen molar-refractivity contribution in [2.45, 2.75) is 144 Å². The molecule has 0 N–H and O–H groups in total. The number of fused-ring (bicyclic) bond motifs is 1. The predicted octanol–water partition coefficient (Wildman–Crippen LogP) is 5.65. The summed E-state index contributed by atoms with van der Waals surface area (Å²) in [5, 5.41) is 0.309. The van der Waals surface area contributed by atoms with Crippen LogP contribution in [0.2, 0.25) is 144 Å². The van der Waals surface area contributed by atoms with Gasteiger partial charge >= 0.3 is 92.9 Å². The number of hydrogen-bond acceptors (Lipinski definition) is 24. The molecule has 6 saturated heterocycles. The van der Waals surface area contributed by atoms with Gasteiger partial charge in [0.2, 0.25) is 0 Å². The molecule has 0 aromatic heterocycles. The maximum Gasteiger partial charge on any atom is 0.653 e. The van der Waals surface area contributed by atoms with Crippen molar-refractivity contribution in [2.24, 2.45) is 0 Å². The van der Waals surface area contributed by atoms with Crippen LogP contribution in [0.3, 0.4) is 0 Å². The van der Waals surface area contributed by atoms with E-state index in [0.29, 0.717) is 5.19 Å². The Kier molecular flexibility index (Phi) is 15.6. The van der Waals surface area contributed by atoms with Gasteiger partial charge in [-0.3, -0.25) is 0 Å². The van der Waals surface area contributed by atoms with Gasteiger partial charge < -0.3 is 91.5 Å². The van der Waals surface area contributed by atoms with Gasteiger partial charge in [0, 0.05) is 7.11 Å². The van der Waals surface area contributed by atoms with Gasteiger partial charge in [-0.05, 0) is 161 Å². The van der Waals surface area contributed by atoms with E-state index in [-0.39, 0.29) is 11.1 Å². The smallest absolute Gasteiger partial charge is 0.396 e. The van der Waals surface area contributed by atoms with E-state index >= 15 is 0 Å². The molecule has 0 spiro atoms. The molecule has 1 unspecified atom stereocenters. The van der Waals surface area contributed by atoms with Gasteiger partial charge in [0.25, 0.3) is 0 Å². The zero-order valence-electron chi connectivity index (χ0n) is 45.0. The van der Waals surface area contributed by atoms with Crippen LogP contribution in [0.4, 0.5) is 0 Å². The van der Waals surface area contributed by atoms with Crippen molar-refractivity contribution in [3.05, 3.63) is 29.3 Å². The van der Waals surface area contributed by atoms with E-state index in [1.165, 1.54) is 19.2 Å². The fourth-order valence-electron chi connectivity index (χ4n) is 7.29. The Labute approximate surface area is 434 Å². The minimum absolute atomic E-state index is 0.0145. The molecule has 0 aliphatic carbocycles. The first-order chi connectivity index (χ1) is 31.6. The van der Waals surface area contributed by atoms with Crippen molar-refractivity contribution >= 4 is 156 Å². The lowest BCUT2D eigenvalue weighted by atomic mass is 10.1. The van der Waals surface area contributed by atoms with E-state index in [2.05, 4.69) is 0 Å². The minimum atomic E-state index is -5.56. The van der Waals surface area contributed by atoms with Crippen LogP contribution in [0.5, 0.6) is 0 Å². The molecule has 7 heterocycles. The Bertz CT molecular complexity index is 2080. The average Bonchev–Trinajstić information content (AvgIpc) is 3.30. The van der Waals surface area contributed by atoms with Crippen LogP contribution in [0.1, 0.15) is 20.7 Å². The molecule has 40 heteroatoms. The van der Waals surface area contributed by atoms with Crippen LogP contribution in [0.15, 0.2) is 18.2 Å². The van der Waals surface area contributed by atoms with E-state index < -0.39 is 151 Å². The Balaban J connectivity index is 1.68. The third kappa shape index (κ3) is 14.1. The lowest BCUT2D eigenvalue weighted by molar-refractivity contribution is -0.130. The summed E-state index contributed by atoms with van der Waals surface area (Å²) >= 11 is 0. The van der Waals surface area contributed by atoms with Crippen molar-refractivity contribution in [1.29, 1.82) is 0 Å². The van der Waals surface area contributed by atoms with E-state index in [1.54, 1.807) is 12.6 Å². The van der Waals surface area contributed by atoms with Crippen molar-refractivity contribution in [3.8, 4) is 0 Å². The summed E-state index contributed by atoms with van der Waals surface area (Å²) < 4.78 is 158. The zero-order chi connectivity index (χ0) is 53.6. The Morgan fingerprint density at radius 2 is 0.535 bits per heavy atom. The van der Waals surface area contributed by atoms with E-state index in [0.717, 1.165) is 0 Å². The molecule has 7 aliphatic heterocycles. The summed E-state index contributed by atoms with van der Waals surface area (Å²) in [4.78, 5) is 25.8. The van der Waals surface area contributed by atoms with Gasteiger partial charge in [0.05, 0.1) is 11.1 Å². The number of esters is 2. The van der Waals surface area contributed by atoms with Gasteiger partial charge in [0.15, 0.2) is 58.2 Å². The molecule has 0 saturated carbocycles. The zero-order valence-corrected chi connectivity index (χ0v) is 61.0. The highest BCUT2D eigenvalue weighted by atomic mass is 28.7. The molecule has 7 aliphatic rings. The first-order valence-corrected chi connectivity index (χ1v) is 62.3. The molecule has 8 rings (SSSR count). The topological polar surface area (TPSA) is 237 Å². The standard InChI is InChI=1S/C31H72O24Si16/c1-34-63(23,27-24-25-28-29(26-27)31(33)35-30(28)32)43-71-53-68(40-60(14,15)16)47-65(37-57(5,6)7)44-64(36-56(2,3)4)45-66(49-68,38-58(8,9)10)51-70(55-71,42-62(20,21)22)52-67(46-64,39-59(11,12)13)50-69(48-65,54-71)41-61(17,18)19/h24-26H,1-23H3. The number of rotatable bonds is 18. The predicted molar refractivity (Wildman–Crippen MR) is 286 cm³/mol. The largest absolute Gasteiger partial charge is 0.653 e. The quantitative estimate of drug-likeness (QED) is 0.0980. The number of ether oxygens (including phenoxy) is 1. The fourth-order valence-corrected chi connectivity index (χ4v) is 72.7. The van der Waals surface area contributed by atoms with Crippen molar-refractivity contribution in [2.75, 3.05) is 7.11 Å². The monoisotopic (exact) mass is 1280 g/mol. The molecule has 8 bridgehead atoms. The Morgan fingerprint density at radius 3 is 0.746 bits per heavy atom. The molecule has 6 fully saturated rings. The molecule has 0 radical (unpaired) electrons. The van der Waals surface area contributed by atoms with Crippen molar-refractivity contribution in [3.63, 3.8) is 0 Å². The van der Waals surface area contributed by atoms with Gasteiger partial charge in [0.1, 0.15) is 0 Å². The Morgan fingerprint density at radius 1 is 0.324 bits per heavy atom. The molecule has 71 heavy (non-hydrogen) atoms. The van der Waals surface area contributed by atoms with E-state index in [4.69, 9.17) is 91.5 Å². The SMILES string of the molecule is CO[Si](C)(O[Si]12O[Si]3(O[Si](C)(C)C)O[Si]4(O[Si](C)(C)C)O[Si]5(O[Si](C)(C)C)O[Si](O[Si](C)(C)C)(O3)O[Si](O[Si](C)(C)C)(O[Si](O[Si](C)(C)C)(O5)O[Si](O[Si](C)(C)C)(O4)O1)O2)c1ccc2c(c1)C(=O)OC2=O. The third-order valence-corrected chi connectivity index (χ3v) is 61.7. The maximum atomic E-state index is 13.1. The van der Waals surface area contributed by atoms with Gasteiger partial charge in [-0.1, -0.05) is 6.07 Å². The number of benzene rings is 1. The highest BCUT2D eigenvalue weighted by Crippen LogP contribution is 2.53. The minimum Gasteiger partial charge on any atom is -0.396 e. The van der Waals surface area contributed by atoms with Crippen molar-refractivity contribution in [1.82, 2.24) is 0 Å². The summed E-state index contributed by atoms with van der Waals surface area (Å²) in [6.07, 6.45) is 0. The summed E-state index contributed by atoms with van der Waals surface area (Å²) in [6.45, 7) is 41.5. The molecule has 1 aromatic carbocycles. The molecule has 1 aromatic rings. The van der Waals surface area contributed by atoms with E-state index in [9.17, 15) is 9.59 Å². The molecule has 24 nitrogen and oxygen atoms in total. The second kappa shape index (κ2) is 18.5. The normalized spacial score (nSPS) is 36.7. The third-order valence-electron chi connectivity index (χ3n) is 8.90. The van der Waals surface area contributed by atoms with Gasteiger partial charge in [-0.25, -0.2) is 9.59 Å². The second-order valence-electron chi connectivity index (χ2n) is 24.4. The number of hydrogen-bond donors (Lipinski definition) is 0. The lowest BCUT2D eigenvalue weighted by Crippen LogP contribution is -2.93.